The number of allylic oxidation sites excluding steroid dienone is 1. The van der Waals surface area contributed by atoms with Crippen LogP contribution in [-0.2, 0) is 6.42 Å². The Kier molecular flexibility index (Phi) is 1.85. The molecule has 0 heterocycles. The van der Waals surface area contributed by atoms with E-state index in [0.29, 0.717) is 0 Å². The molecule has 0 saturated carbocycles. The molecular formula is C10H9NO2. The number of rotatable bonds is 1. The van der Waals surface area contributed by atoms with Gasteiger partial charge in [0, 0.05) is 11.6 Å². The summed E-state index contributed by atoms with van der Waals surface area (Å²) in [7, 11) is 0. The maximum Gasteiger partial charge on any atom is 0.273 e. The van der Waals surface area contributed by atoms with Gasteiger partial charge >= 0.3 is 0 Å². The van der Waals surface area contributed by atoms with Gasteiger partial charge in [-0.15, -0.1) is 0 Å². The van der Waals surface area contributed by atoms with Crippen molar-refractivity contribution in [1.29, 1.82) is 0 Å². The van der Waals surface area contributed by atoms with Gasteiger partial charge in [0.15, 0.2) is 0 Å². The summed E-state index contributed by atoms with van der Waals surface area (Å²) in [4.78, 5) is 10.3. The molecule has 0 atom stereocenters. The predicted molar refractivity (Wildman–Crippen MR) is 50.5 cm³/mol. The Hall–Kier alpha value is -1.64. The van der Waals surface area contributed by atoms with Crippen molar-refractivity contribution in [3.05, 3.63) is 45.5 Å². The van der Waals surface area contributed by atoms with Crippen LogP contribution in [0.3, 0.4) is 0 Å². The first kappa shape index (κ1) is 7.98. The van der Waals surface area contributed by atoms with E-state index < -0.39 is 0 Å². The fourth-order valence-corrected chi connectivity index (χ4v) is 1.63. The zero-order valence-electron chi connectivity index (χ0n) is 7.06. The Labute approximate surface area is 75.8 Å². The highest BCUT2D eigenvalue weighted by Crippen LogP contribution is 2.27. The third-order valence-electron chi connectivity index (χ3n) is 2.24. The highest BCUT2D eigenvalue weighted by Gasteiger charge is 2.16. The molecule has 0 spiro atoms. The van der Waals surface area contributed by atoms with Gasteiger partial charge < -0.3 is 0 Å². The van der Waals surface area contributed by atoms with E-state index in [0.717, 1.165) is 24.0 Å². The molecule has 1 aromatic rings. The van der Waals surface area contributed by atoms with E-state index in [9.17, 15) is 10.1 Å². The van der Waals surface area contributed by atoms with Crippen molar-refractivity contribution < 1.29 is 4.92 Å². The van der Waals surface area contributed by atoms with Crippen molar-refractivity contribution in [2.45, 2.75) is 12.8 Å². The normalized spacial score (nSPS) is 13.8. The molecule has 0 radical (unpaired) electrons. The molecule has 3 heteroatoms. The number of hydrogen-bond donors (Lipinski definition) is 0. The van der Waals surface area contributed by atoms with Crippen LogP contribution in [0.25, 0.3) is 6.08 Å². The second-order valence-corrected chi connectivity index (χ2v) is 3.04. The van der Waals surface area contributed by atoms with Crippen molar-refractivity contribution in [3.8, 4) is 0 Å². The number of hydrogen-bond acceptors (Lipinski definition) is 2. The molecule has 0 N–H and O–H groups in total. The highest BCUT2D eigenvalue weighted by atomic mass is 16.6. The van der Waals surface area contributed by atoms with Crippen molar-refractivity contribution in [2.24, 2.45) is 0 Å². The quantitative estimate of drug-likeness (QED) is 0.486. The third-order valence-corrected chi connectivity index (χ3v) is 2.24. The van der Waals surface area contributed by atoms with Gasteiger partial charge in [-0.1, -0.05) is 24.3 Å². The van der Waals surface area contributed by atoms with Gasteiger partial charge in [-0.05, 0) is 18.4 Å². The van der Waals surface area contributed by atoms with E-state index >= 15 is 0 Å². The Morgan fingerprint density at radius 1 is 1.38 bits per heavy atom. The second kappa shape index (κ2) is 3.01. The maximum absolute atomic E-state index is 10.7. The lowest BCUT2D eigenvalue weighted by atomic mass is 9.96. The van der Waals surface area contributed by atoms with E-state index in [4.69, 9.17) is 0 Å². The zero-order chi connectivity index (χ0) is 9.26. The molecule has 2 rings (SSSR count). The summed E-state index contributed by atoms with van der Waals surface area (Å²) in [6, 6.07) is 5.21. The van der Waals surface area contributed by atoms with E-state index in [1.807, 2.05) is 18.2 Å². The summed E-state index contributed by atoms with van der Waals surface area (Å²) < 4.78 is 0. The second-order valence-electron chi connectivity index (χ2n) is 3.04. The predicted octanol–water partition coefficient (Wildman–Crippen LogP) is 2.55. The van der Waals surface area contributed by atoms with Crippen LogP contribution in [-0.4, -0.2) is 4.92 Å². The van der Waals surface area contributed by atoms with Crippen LogP contribution in [0.1, 0.15) is 17.5 Å². The Balaban J connectivity index is 2.59. The van der Waals surface area contributed by atoms with Gasteiger partial charge in [0.05, 0.1) is 4.92 Å². The number of fused-ring (bicyclic) bond motifs is 1. The van der Waals surface area contributed by atoms with E-state index in [2.05, 4.69) is 0 Å². The van der Waals surface area contributed by atoms with Crippen LogP contribution in [0.5, 0.6) is 0 Å². The first-order valence-electron chi connectivity index (χ1n) is 4.22. The number of nitrogens with zero attached hydrogens (tertiary/aromatic N) is 1. The van der Waals surface area contributed by atoms with Gasteiger partial charge in [-0.25, -0.2) is 0 Å². The molecule has 1 aliphatic rings. The highest BCUT2D eigenvalue weighted by molar-refractivity contribution is 5.62. The van der Waals surface area contributed by atoms with Crippen molar-refractivity contribution >= 4 is 11.8 Å². The molecule has 0 aliphatic heterocycles. The fraction of sp³-hybridized carbons (Fsp3) is 0.200. The average molecular weight is 175 g/mol. The van der Waals surface area contributed by atoms with Crippen LogP contribution in [0.4, 0.5) is 5.69 Å². The third kappa shape index (κ3) is 1.33. The molecule has 3 nitrogen and oxygen atoms in total. The lowest BCUT2D eigenvalue weighted by molar-refractivity contribution is -0.385. The Morgan fingerprint density at radius 2 is 2.23 bits per heavy atom. The number of benzene rings is 1. The summed E-state index contributed by atoms with van der Waals surface area (Å²) in [5, 5.41) is 10.7. The van der Waals surface area contributed by atoms with Crippen LogP contribution in [0, 0.1) is 10.1 Å². The van der Waals surface area contributed by atoms with Gasteiger partial charge in [-0.3, -0.25) is 10.1 Å². The molecule has 66 valence electrons. The minimum atomic E-state index is -0.308. The maximum atomic E-state index is 10.7. The molecule has 0 fully saturated rings. The summed E-state index contributed by atoms with van der Waals surface area (Å²) in [6.07, 6.45) is 5.68. The van der Waals surface area contributed by atoms with E-state index in [1.54, 1.807) is 12.1 Å². The Morgan fingerprint density at radius 3 is 3.00 bits per heavy atom. The minimum absolute atomic E-state index is 0.252. The first-order valence-corrected chi connectivity index (χ1v) is 4.22. The smallest absolute Gasteiger partial charge is 0.258 e. The zero-order valence-corrected chi connectivity index (χ0v) is 7.06. The largest absolute Gasteiger partial charge is 0.273 e. The lowest BCUT2D eigenvalue weighted by Gasteiger charge is -2.09. The molecule has 1 aromatic carbocycles. The van der Waals surface area contributed by atoms with Crippen molar-refractivity contribution in [2.75, 3.05) is 0 Å². The molecule has 0 amide bonds. The van der Waals surface area contributed by atoms with Gasteiger partial charge in [0.2, 0.25) is 0 Å². The van der Waals surface area contributed by atoms with Gasteiger partial charge in [-0.2, -0.15) is 0 Å². The van der Waals surface area contributed by atoms with Crippen LogP contribution < -0.4 is 0 Å². The van der Waals surface area contributed by atoms with Crippen LogP contribution in [0.2, 0.25) is 0 Å². The minimum Gasteiger partial charge on any atom is -0.258 e. The Bertz CT molecular complexity index is 383. The van der Waals surface area contributed by atoms with Gasteiger partial charge in [0.25, 0.3) is 5.69 Å². The lowest BCUT2D eigenvalue weighted by Crippen LogP contribution is -2.00. The van der Waals surface area contributed by atoms with Crippen molar-refractivity contribution in [3.63, 3.8) is 0 Å². The molecule has 0 bridgehead atoms. The molecule has 0 unspecified atom stereocenters. The summed E-state index contributed by atoms with van der Waals surface area (Å²) in [6.45, 7) is 0. The molecule has 0 saturated heterocycles. The van der Waals surface area contributed by atoms with Crippen LogP contribution in [0.15, 0.2) is 24.3 Å². The first-order chi connectivity index (χ1) is 6.29. The fourth-order valence-electron chi connectivity index (χ4n) is 1.63. The molecular weight excluding hydrogens is 166 g/mol. The average Bonchev–Trinajstić information content (AvgIpc) is 2.17. The van der Waals surface area contributed by atoms with E-state index in [-0.39, 0.29) is 10.6 Å². The van der Waals surface area contributed by atoms with Crippen molar-refractivity contribution in [1.82, 2.24) is 0 Å². The number of nitro benzene ring substituents is 1. The topological polar surface area (TPSA) is 43.1 Å². The van der Waals surface area contributed by atoms with Gasteiger partial charge in [0.1, 0.15) is 0 Å². The molecule has 1 aliphatic carbocycles. The summed E-state index contributed by atoms with van der Waals surface area (Å²) >= 11 is 0. The standard InChI is InChI=1S/C10H9NO2/c12-11(13)10-7-3-5-8-4-1-2-6-9(8)10/h1,3-5,7H,2,6H2. The van der Waals surface area contributed by atoms with Crippen LogP contribution >= 0.6 is 0 Å². The summed E-state index contributed by atoms with van der Waals surface area (Å²) in [5.74, 6) is 0. The number of nitro groups is 1. The SMILES string of the molecule is O=[N+]([O-])c1cccc2c1CCC=C2. The molecule has 0 aromatic heterocycles. The summed E-state index contributed by atoms with van der Waals surface area (Å²) in [5.41, 5.74) is 2.11. The van der Waals surface area contributed by atoms with E-state index in [1.165, 1.54) is 0 Å². The molecule has 13 heavy (non-hydrogen) atoms. The monoisotopic (exact) mass is 175 g/mol.